The molecule has 1 fully saturated rings. The van der Waals surface area contributed by atoms with Crippen molar-refractivity contribution in [3.05, 3.63) is 11.4 Å². The Morgan fingerprint density at radius 3 is 2.88 bits per heavy atom. The quantitative estimate of drug-likeness (QED) is 0.711. The van der Waals surface area contributed by atoms with E-state index in [-0.39, 0.29) is 11.7 Å². The van der Waals surface area contributed by atoms with Crippen LogP contribution in [0.15, 0.2) is 0 Å². The molecule has 7 heteroatoms. The van der Waals surface area contributed by atoms with Crippen LogP contribution < -0.4 is 0 Å². The van der Waals surface area contributed by atoms with Crippen LogP contribution in [0.4, 0.5) is 0 Å². The third-order valence-electron chi connectivity index (χ3n) is 2.82. The number of carboxylic acids is 1. The van der Waals surface area contributed by atoms with Crippen molar-refractivity contribution in [3.63, 3.8) is 0 Å². The fourth-order valence-corrected chi connectivity index (χ4v) is 1.95. The number of carbonyl (C=O) groups excluding carboxylic acids is 1. The minimum Gasteiger partial charge on any atom is -0.476 e. The van der Waals surface area contributed by atoms with Crippen molar-refractivity contribution in [2.45, 2.75) is 19.4 Å². The van der Waals surface area contributed by atoms with Gasteiger partial charge in [-0.25, -0.2) is 9.48 Å². The van der Waals surface area contributed by atoms with Gasteiger partial charge in [-0.05, 0) is 13.3 Å². The van der Waals surface area contributed by atoms with E-state index in [4.69, 9.17) is 5.11 Å². The maximum Gasteiger partial charge on any atom is 0.358 e. The molecular formula is C9H12N4O3. The Balaban J connectivity index is 2.22. The Kier molecular flexibility index (Phi) is 2.59. The molecule has 0 aromatic carbocycles. The van der Waals surface area contributed by atoms with Crippen molar-refractivity contribution in [1.82, 2.24) is 19.9 Å². The highest BCUT2D eigenvalue weighted by Crippen LogP contribution is 2.21. The summed E-state index contributed by atoms with van der Waals surface area (Å²) in [5.74, 6) is -1.08. The van der Waals surface area contributed by atoms with Crippen molar-refractivity contribution < 1.29 is 14.7 Å². The SMILES string of the molecule is Cc1c(C(=O)O)nnn1C1CCN(C=O)C1. The summed E-state index contributed by atoms with van der Waals surface area (Å²) in [6.07, 6.45) is 1.58. The largest absolute Gasteiger partial charge is 0.476 e. The van der Waals surface area contributed by atoms with Gasteiger partial charge in [-0.3, -0.25) is 4.79 Å². The van der Waals surface area contributed by atoms with Crippen molar-refractivity contribution in [2.24, 2.45) is 0 Å². The van der Waals surface area contributed by atoms with E-state index in [2.05, 4.69) is 10.3 Å². The molecule has 0 saturated carbocycles. The molecule has 1 N–H and O–H groups in total. The first-order valence-corrected chi connectivity index (χ1v) is 4.98. The van der Waals surface area contributed by atoms with Crippen LogP contribution in [0.2, 0.25) is 0 Å². The zero-order chi connectivity index (χ0) is 11.7. The summed E-state index contributed by atoms with van der Waals surface area (Å²) in [5.41, 5.74) is 0.509. The lowest BCUT2D eigenvalue weighted by molar-refractivity contribution is -0.117. The van der Waals surface area contributed by atoms with Crippen molar-refractivity contribution in [1.29, 1.82) is 0 Å². The van der Waals surface area contributed by atoms with Crippen LogP contribution in [-0.4, -0.2) is 50.5 Å². The molecule has 1 aliphatic rings. The van der Waals surface area contributed by atoms with Gasteiger partial charge < -0.3 is 10.0 Å². The van der Waals surface area contributed by atoms with Gasteiger partial charge >= 0.3 is 5.97 Å². The molecule has 0 radical (unpaired) electrons. The number of aromatic nitrogens is 3. The third-order valence-corrected chi connectivity index (χ3v) is 2.82. The number of hydrogen-bond donors (Lipinski definition) is 1. The Bertz CT molecular complexity index is 428. The highest BCUT2D eigenvalue weighted by atomic mass is 16.4. The number of nitrogens with zero attached hydrogens (tertiary/aromatic N) is 4. The molecule has 86 valence electrons. The fourth-order valence-electron chi connectivity index (χ4n) is 1.95. The van der Waals surface area contributed by atoms with Gasteiger partial charge in [0.25, 0.3) is 0 Å². The molecule has 1 amide bonds. The van der Waals surface area contributed by atoms with E-state index in [1.165, 1.54) is 0 Å². The van der Waals surface area contributed by atoms with Crippen LogP contribution in [-0.2, 0) is 4.79 Å². The summed E-state index contributed by atoms with van der Waals surface area (Å²) in [6.45, 7) is 2.91. The second kappa shape index (κ2) is 3.92. The lowest BCUT2D eigenvalue weighted by atomic mass is 10.2. The van der Waals surface area contributed by atoms with Gasteiger partial charge in [-0.1, -0.05) is 5.21 Å². The topological polar surface area (TPSA) is 88.3 Å². The molecule has 16 heavy (non-hydrogen) atoms. The predicted molar refractivity (Wildman–Crippen MR) is 53.0 cm³/mol. The Morgan fingerprint density at radius 1 is 1.62 bits per heavy atom. The third kappa shape index (κ3) is 1.64. The van der Waals surface area contributed by atoms with Crippen LogP contribution in [0.5, 0.6) is 0 Å². The van der Waals surface area contributed by atoms with Gasteiger partial charge in [-0.2, -0.15) is 0 Å². The van der Waals surface area contributed by atoms with Gasteiger partial charge in [0.1, 0.15) is 0 Å². The molecular weight excluding hydrogens is 212 g/mol. The molecule has 1 aliphatic heterocycles. The Hall–Kier alpha value is -1.92. The molecule has 0 bridgehead atoms. The highest BCUT2D eigenvalue weighted by Gasteiger charge is 2.27. The zero-order valence-corrected chi connectivity index (χ0v) is 8.83. The highest BCUT2D eigenvalue weighted by molar-refractivity contribution is 5.86. The second-order valence-electron chi connectivity index (χ2n) is 3.82. The van der Waals surface area contributed by atoms with Gasteiger partial charge in [0.2, 0.25) is 6.41 Å². The molecule has 1 saturated heterocycles. The molecule has 1 atom stereocenters. The smallest absolute Gasteiger partial charge is 0.358 e. The van der Waals surface area contributed by atoms with Crippen molar-refractivity contribution in [3.8, 4) is 0 Å². The summed E-state index contributed by atoms with van der Waals surface area (Å²) in [7, 11) is 0. The van der Waals surface area contributed by atoms with Gasteiger partial charge in [0.05, 0.1) is 11.7 Å². The first-order chi connectivity index (χ1) is 7.63. The van der Waals surface area contributed by atoms with Crippen LogP contribution in [0.3, 0.4) is 0 Å². The van der Waals surface area contributed by atoms with Crippen molar-refractivity contribution >= 4 is 12.4 Å². The number of aromatic carboxylic acids is 1. The molecule has 1 unspecified atom stereocenters. The molecule has 1 aromatic rings. The molecule has 7 nitrogen and oxygen atoms in total. The monoisotopic (exact) mass is 224 g/mol. The molecule has 1 aromatic heterocycles. The number of carbonyl (C=O) groups is 2. The minimum atomic E-state index is -1.08. The van der Waals surface area contributed by atoms with Gasteiger partial charge in [-0.15, -0.1) is 5.10 Å². The van der Waals surface area contributed by atoms with E-state index in [9.17, 15) is 9.59 Å². The van der Waals surface area contributed by atoms with E-state index < -0.39 is 5.97 Å². The maximum atomic E-state index is 10.8. The van der Waals surface area contributed by atoms with E-state index in [0.717, 1.165) is 12.8 Å². The van der Waals surface area contributed by atoms with E-state index in [1.807, 2.05) is 0 Å². The summed E-state index contributed by atoms with van der Waals surface area (Å²) in [6, 6.07) is 0.0331. The lowest BCUT2D eigenvalue weighted by Crippen LogP contribution is -2.20. The molecule has 0 aliphatic carbocycles. The molecule has 2 rings (SSSR count). The maximum absolute atomic E-state index is 10.8. The predicted octanol–water partition coefficient (Wildman–Crippen LogP) is -0.312. The number of amides is 1. The average Bonchev–Trinajstić information content (AvgIpc) is 2.83. The standard InChI is InChI=1S/C9H12N4O3/c1-6-8(9(15)16)10-11-13(6)7-2-3-12(4-7)5-14/h5,7H,2-4H2,1H3,(H,15,16). The number of carboxylic acid groups (broad SMARTS) is 1. The summed E-state index contributed by atoms with van der Waals surface area (Å²) >= 11 is 0. The zero-order valence-electron chi connectivity index (χ0n) is 8.83. The normalized spacial score (nSPS) is 20.1. The summed E-state index contributed by atoms with van der Waals surface area (Å²) in [4.78, 5) is 23.0. The summed E-state index contributed by atoms with van der Waals surface area (Å²) in [5, 5.41) is 16.3. The lowest BCUT2D eigenvalue weighted by Gasteiger charge is -2.11. The van der Waals surface area contributed by atoms with E-state index in [1.54, 1.807) is 16.5 Å². The Morgan fingerprint density at radius 2 is 2.38 bits per heavy atom. The first kappa shape index (κ1) is 10.6. The molecule has 0 spiro atoms. The fraction of sp³-hybridized carbons (Fsp3) is 0.556. The van der Waals surface area contributed by atoms with Crippen LogP contribution in [0.1, 0.15) is 28.6 Å². The van der Waals surface area contributed by atoms with Crippen molar-refractivity contribution in [2.75, 3.05) is 13.1 Å². The van der Waals surface area contributed by atoms with E-state index >= 15 is 0 Å². The number of hydrogen-bond acceptors (Lipinski definition) is 4. The van der Waals surface area contributed by atoms with E-state index in [0.29, 0.717) is 18.8 Å². The first-order valence-electron chi connectivity index (χ1n) is 4.98. The number of rotatable bonds is 3. The Labute approximate surface area is 91.7 Å². The van der Waals surface area contributed by atoms with Gasteiger partial charge in [0.15, 0.2) is 5.69 Å². The van der Waals surface area contributed by atoms with Gasteiger partial charge in [0, 0.05) is 13.1 Å². The second-order valence-corrected chi connectivity index (χ2v) is 3.82. The van der Waals surface area contributed by atoms with Crippen LogP contribution in [0, 0.1) is 6.92 Å². The van der Waals surface area contributed by atoms with Crippen LogP contribution in [0.25, 0.3) is 0 Å². The summed E-state index contributed by atoms with van der Waals surface area (Å²) < 4.78 is 1.59. The molecule has 2 heterocycles. The number of likely N-dealkylation sites (tertiary alicyclic amines) is 1. The minimum absolute atomic E-state index is 0.0236. The average molecular weight is 224 g/mol. The van der Waals surface area contributed by atoms with Crippen LogP contribution >= 0.6 is 0 Å².